The van der Waals surface area contributed by atoms with E-state index < -0.39 is 12.9 Å². The van der Waals surface area contributed by atoms with Crippen molar-refractivity contribution in [3.8, 4) is 0 Å². The van der Waals surface area contributed by atoms with E-state index in [1.807, 2.05) is 0 Å². The summed E-state index contributed by atoms with van der Waals surface area (Å²) in [5.41, 5.74) is 5.35. The summed E-state index contributed by atoms with van der Waals surface area (Å²) in [4.78, 5) is 0. The highest BCUT2D eigenvalue weighted by molar-refractivity contribution is 7.79. The highest BCUT2D eigenvalue weighted by atomic mass is 32.1. The Balaban J connectivity index is 0.000000791. The van der Waals surface area contributed by atoms with E-state index in [1.54, 1.807) is 6.26 Å². The Kier molecular flexibility index (Phi) is 6.56. The highest BCUT2D eigenvalue weighted by Crippen LogP contribution is 2.03. The van der Waals surface area contributed by atoms with E-state index >= 15 is 0 Å². The van der Waals surface area contributed by atoms with Crippen LogP contribution in [-0.2, 0) is 6.54 Å². The number of nitrogens with two attached hydrogens (primary N) is 1. The molecule has 0 radical (unpaired) electrons. The number of halogens is 1. The molecule has 0 saturated heterocycles. The third kappa shape index (κ3) is 3.30. The Morgan fingerprint density at radius 2 is 2.00 bits per heavy atom. The summed E-state index contributed by atoms with van der Waals surface area (Å²) < 4.78 is 13.1. The molecule has 3 nitrogen and oxygen atoms in total. The lowest BCUT2D eigenvalue weighted by molar-refractivity contribution is 0.422. The quantitative estimate of drug-likeness (QED) is 0.399. The number of hydrogen-bond acceptors (Lipinski definition) is 4. The van der Waals surface area contributed by atoms with Gasteiger partial charge in [-0.05, 0) is 6.26 Å². The molecule has 0 bridgehead atoms. The Labute approximate surface area is 88.3 Å². The van der Waals surface area contributed by atoms with E-state index in [1.165, 1.54) is 18.2 Å². The van der Waals surface area contributed by atoms with Gasteiger partial charge in [0.25, 0.3) is 0 Å². The third-order valence-corrected chi connectivity index (χ3v) is 1.61. The van der Waals surface area contributed by atoms with Crippen molar-refractivity contribution in [2.24, 2.45) is 5.73 Å². The third-order valence-electron chi connectivity index (χ3n) is 1.61. The van der Waals surface area contributed by atoms with E-state index in [-0.39, 0.29) is 17.6 Å². The van der Waals surface area contributed by atoms with Gasteiger partial charge in [0.05, 0.1) is 0 Å². The molecule has 6 heteroatoms. The van der Waals surface area contributed by atoms with Gasteiger partial charge in [-0.3, -0.25) is 0 Å². The molecule has 4 N–H and O–H groups in total. The van der Waals surface area contributed by atoms with Crippen molar-refractivity contribution in [1.29, 1.82) is 0 Å². The Morgan fingerprint density at radius 1 is 1.43 bits per heavy atom. The van der Waals surface area contributed by atoms with Gasteiger partial charge in [0, 0.05) is 17.6 Å². The molecule has 0 aromatic heterocycles. The number of hydrogen-bond donors (Lipinski definition) is 4. The molecule has 14 heavy (non-hydrogen) atoms. The van der Waals surface area contributed by atoms with Crippen molar-refractivity contribution >= 4 is 25.2 Å². The van der Waals surface area contributed by atoms with Crippen LogP contribution in [0.25, 0.3) is 0 Å². The van der Waals surface area contributed by atoms with Gasteiger partial charge >= 0.3 is 7.12 Å². The van der Waals surface area contributed by atoms with Gasteiger partial charge in [-0.2, -0.15) is 12.6 Å². The molecule has 0 spiro atoms. The standard InChI is InChI=1S/C7H9BFNO2.CH4S/c9-7-5(4-10)2-1-3-6(7)8(11)12;1-2/h1-3,11-12H,4,10H2;2H,1H3. The van der Waals surface area contributed by atoms with Crippen LogP contribution in [-0.4, -0.2) is 23.4 Å². The van der Waals surface area contributed by atoms with Crippen molar-refractivity contribution in [3.63, 3.8) is 0 Å². The van der Waals surface area contributed by atoms with E-state index in [0.29, 0.717) is 0 Å². The zero-order valence-electron chi connectivity index (χ0n) is 7.81. The second-order valence-corrected chi connectivity index (χ2v) is 2.40. The van der Waals surface area contributed by atoms with Gasteiger partial charge < -0.3 is 15.8 Å². The van der Waals surface area contributed by atoms with Crippen LogP contribution in [0, 0.1) is 5.82 Å². The first-order valence-electron chi connectivity index (χ1n) is 3.95. The SMILES string of the molecule is CS.NCc1cccc(B(O)O)c1F. The van der Waals surface area contributed by atoms with Crippen LogP contribution in [0.15, 0.2) is 18.2 Å². The van der Waals surface area contributed by atoms with Gasteiger partial charge in [0.2, 0.25) is 0 Å². The smallest absolute Gasteiger partial charge is 0.423 e. The van der Waals surface area contributed by atoms with Gasteiger partial charge in [0.15, 0.2) is 0 Å². The zero-order valence-corrected chi connectivity index (χ0v) is 8.71. The molecule has 0 unspecified atom stereocenters. The molecule has 0 saturated carbocycles. The lowest BCUT2D eigenvalue weighted by Crippen LogP contribution is -2.33. The van der Waals surface area contributed by atoms with Crippen LogP contribution in [0.5, 0.6) is 0 Å². The summed E-state index contributed by atoms with van der Waals surface area (Å²) in [5.74, 6) is -0.644. The molecular formula is C8H13BFNO2S. The number of thiol groups is 1. The summed E-state index contributed by atoms with van der Waals surface area (Å²) >= 11 is 3.53. The fourth-order valence-corrected chi connectivity index (χ4v) is 0.957. The average molecular weight is 217 g/mol. The van der Waals surface area contributed by atoms with Crippen LogP contribution in [0.3, 0.4) is 0 Å². The minimum atomic E-state index is -1.78. The van der Waals surface area contributed by atoms with Gasteiger partial charge in [-0.15, -0.1) is 0 Å². The van der Waals surface area contributed by atoms with Crippen molar-refractivity contribution < 1.29 is 14.4 Å². The highest BCUT2D eigenvalue weighted by Gasteiger charge is 2.17. The molecule has 1 rings (SSSR count). The maximum atomic E-state index is 13.1. The molecule has 0 aliphatic carbocycles. The van der Waals surface area contributed by atoms with Crippen molar-refractivity contribution in [2.75, 3.05) is 6.26 Å². The predicted molar refractivity (Wildman–Crippen MR) is 59.0 cm³/mol. The Bertz CT molecular complexity index is 286. The molecule has 0 fully saturated rings. The lowest BCUT2D eigenvalue weighted by atomic mass is 9.79. The fraction of sp³-hybridized carbons (Fsp3) is 0.250. The molecule has 0 atom stereocenters. The van der Waals surface area contributed by atoms with Gasteiger partial charge in [-0.25, -0.2) is 4.39 Å². The van der Waals surface area contributed by atoms with E-state index in [4.69, 9.17) is 15.8 Å². The summed E-state index contributed by atoms with van der Waals surface area (Å²) in [5, 5.41) is 17.4. The molecule has 0 heterocycles. The average Bonchev–Trinajstić information content (AvgIpc) is 2.21. The summed E-state index contributed by atoms with van der Waals surface area (Å²) in [6.45, 7) is 0.0480. The van der Waals surface area contributed by atoms with E-state index in [0.717, 1.165) is 0 Å². The van der Waals surface area contributed by atoms with Crippen LogP contribution >= 0.6 is 12.6 Å². The van der Waals surface area contributed by atoms with Crippen LogP contribution in [0.4, 0.5) is 4.39 Å². The lowest BCUT2D eigenvalue weighted by Gasteiger charge is -2.04. The second-order valence-electron chi connectivity index (χ2n) is 2.40. The monoisotopic (exact) mass is 217 g/mol. The van der Waals surface area contributed by atoms with Gasteiger partial charge in [0.1, 0.15) is 5.82 Å². The second kappa shape index (κ2) is 6.83. The Hall–Kier alpha value is -0.555. The summed E-state index contributed by atoms with van der Waals surface area (Å²) in [7, 11) is -1.78. The normalized spacial score (nSPS) is 9.00. The van der Waals surface area contributed by atoms with Crippen LogP contribution < -0.4 is 11.2 Å². The fourth-order valence-electron chi connectivity index (χ4n) is 0.957. The largest absolute Gasteiger partial charge is 0.491 e. The minimum absolute atomic E-state index is 0.0480. The maximum absolute atomic E-state index is 13.1. The van der Waals surface area contributed by atoms with E-state index in [2.05, 4.69) is 12.6 Å². The molecule has 0 aliphatic rings. The topological polar surface area (TPSA) is 66.5 Å². The summed E-state index contributed by atoms with van der Waals surface area (Å²) in [6, 6.07) is 4.33. The van der Waals surface area contributed by atoms with Crippen molar-refractivity contribution in [2.45, 2.75) is 6.54 Å². The summed E-state index contributed by atoms with van der Waals surface area (Å²) in [6.07, 6.45) is 1.69. The molecular weight excluding hydrogens is 204 g/mol. The molecule has 1 aromatic rings. The molecule has 1 aromatic carbocycles. The van der Waals surface area contributed by atoms with Crippen LogP contribution in [0.1, 0.15) is 5.56 Å². The predicted octanol–water partition coefficient (Wildman–Crippen LogP) is -0.490. The van der Waals surface area contributed by atoms with Crippen LogP contribution in [0.2, 0.25) is 0 Å². The first-order valence-corrected chi connectivity index (χ1v) is 4.84. The molecule has 0 aliphatic heterocycles. The number of benzene rings is 1. The Morgan fingerprint density at radius 3 is 2.43 bits per heavy atom. The zero-order chi connectivity index (χ0) is 11.1. The van der Waals surface area contributed by atoms with E-state index in [9.17, 15) is 4.39 Å². The number of rotatable bonds is 2. The van der Waals surface area contributed by atoms with Crippen molar-refractivity contribution in [1.82, 2.24) is 0 Å². The minimum Gasteiger partial charge on any atom is -0.423 e. The first-order chi connectivity index (χ1) is 6.66. The molecule has 78 valence electrons. The maximum Gasteiger partial charge on any atom is 0.491 e. The van der Waals surface area contributed by atoms with Gasteiger partial charge in [-0.1, -0.05) is 18.2 Å². The first kappa shape index (κ1) is 13.4. The van der Waals surface area contributed by atoms with Crippen molar-refractivity contribution in [3.05, 3.63) is 29.6 Å². The molecule has 0 amide bonds.